The van der Waals surface area contributed by atoms with Crippen molar-refractivity contribution in [3.63, 3.8) is 0 Å². The zero-order valence-electron chi connectivity index (χ0n) is 23.8. The molecule has 0 unspecified atom stereocenters. The lowest BCUT2D eigenvalue weighted by molar-refractivity contribution is 0.0609. The molecule has 2 aromatic carbocycles. The zero-order chi connectivity index (χ0) is 27.7. The predicted molar refractivity (Wildman–Crippen MR) is 162 cm³/mol. The third-order valence-corrected chi connectivity index (χ3v) is 9.49. The van der Waals surface area contributed by atoms with Gasteiger partial charge in [0.05, 0.1) is 16.5 Å². The number of rotatable bonds is 7. The van der Waals surface area contributed by atoms with Crippen molar-refractivity contribution in [3.05, 3.63) is 44.5 Å². The summed E-state index contributed by atoms with van der Waals surface area (Å²) in [5.41, 5.74) is 3.17. The first kappa shape index (κ1) is 25.4. The van der Waals surface area contributed by atoms with E-state index >= 15 is 0 Å². The van der Waals surface area contributed by atoms with E-state index in [1.165, 1.54) is 16.3 Å². The van der Waals surface area contributed by atoms with Gasteiger partial charge in [-0.05, 0) is 44.6 Å². The number of aryl methyl sites for hydroxylation is 2. The number of aromatic nitrogens is 2. The minimum atomic E-state index is -0.250. The first-order valence-electron chi connectivity index (χ1n) is 15.3. The molecule has 2 aromatic heterocycles. The first-order chi connectivity index (χ1) is 19.5. The molecule has 3 aliphatic rings. The number of hydrogen-bond donors (Lipinski definition) is 0. The van der Waals surface area contributed by atoms with Crippen LogP contribution in [0.2, 0.25) is 0 Å². The molecule has 3 aliphatic heterocycles. The number of carbonyl (C=O) groups excluding carboxylic acids is 2. The van der Waals surface area contributed by atoms with E-state index in [0.29, 0.717) is 40.3 Å². The van der Waals surface area contributed by atoms with E-state index in [2.05, 4.69) is 29.9 Å². The standard InChI is InChI=1S/C33H38N4O3/c1-4-6-9-18-35-20(3)21-13-14-23-25-24(21)27(32(35)39)26-22-12-8-10-15-34-16-11-19-36(30(22)34)29(26)28(25)33(40)37(31(23)38)17-7-5-2/h13-14H,3-12,15-19H2,1-2H3. The number of anilines is 1. The number of fused-ring (bicyclic) bond motifs is 5. The normalized spacial score (nSPS) is 16.9. The number of amides is 2. The van der Waals surface area contributed by atoms with Crippen molar-refractivity contribution >= 4 is 56.7 Å². The monoisotopic (exact) mass is 538 g/mol. The Kier molecular flexibility index (Phi) is 6.02. The largest absolute Gasteiger partial charge is 0.358 e. The maximum atomic E-state index is 14.5. The summed E-state index contributed by atoms with van der Waals surface area (Å²) in [4.78, 5) is 46.7. The van der Waals surface area contributed by atoms with Gasteiger partial charge in [0.1, 0.15) is 5.82 Å². The molecule has 0 spiro atoms. The van der Waals surface area contributed by atoms with Crippen LogP contribution in [0.3, 0.4) is 0 Å². The second-order valence-electron chi connectivity index (χ2n) is 11.9. The molecular weight excluding hydrogens is 500 g/mol. The molecule has 0 atom stereocenters. The fourth-order valence-corrected chi connectivity index (χ4v) is 7.61. The van der Waals surface area contributed by atoms with Crippen LogP contribution in [0.25, 0.3) is 39.0 Å². The van der Waals surface area contributed by atoms with Gasteiger partial charge in [0, 0.05) is 70.7 Å². The van der Waals surface area contributed by atoms with E-state index in [1.54, 1.807) is 0 Å². The summed E-state index contributed by atoms with van der Waals surface area (Å²) < 4.78 is 4.18. The highest BCUT2D eigenvalue weighted by Crippen LogP contribution is 2.47. The van der Waals surface area contributed by atoms with Gasteiger partial charge in [-0.25, -0.2) is 0 Å². The summed E-state index contributed by atoms with van der Waals surface area (Å²) >= 11 is 0. The number of carbonyl (C=O) groups is 2. The Balaban J connectivity index is 1.70. The minimum absolute atomic E-state index is 0.0365. The van der Waals surface area contributed by atoms with Crippen molar-refractivity contribution in [3.8, 4) is 0 Å². The smallest absolute Gasteiger partial charge is 0.263 e. The average Bonchev–Trinajstić information content (AvgIpc) is 3.12. The topological polar surface area (TPSA) is 67.6 Å². The van der Waals surface area contributed by atoms with Gasteiger partial charge in [0.2, 0.25) is 0 Å². The number of pyridine rings is 1. The lowest BCUT2D eigenvalue weighted by atomic mass is 9.86. The molecule has 7 heteroatoms. The predicted octanol–water partition coefficient (Wildman–Crippen LogP) is 5.37. The van der Waals surface area contributed by atoms with Gasteiger partial charge in [-0.15, -0.1) is 0 Å². The summed E-state index contributed by atoms with van der Waals surface area (Å²) in [6.07, 6.45) is 8.75. The lowest BCUT2D eigenvalue weighted by Crippen LogP contribution is -2.42. The van der Waals surface area contributed by atoms with Crippen LogP contribution < -0.4 is 15.8 Å². The summed E-state index contributed by atoms with van der Waals surface area (Å²) in [7, 11) is 0. The van der Waals surface area contributed by atoms with Crippen molar-refractivity contribution in [2.24, 2.45) is 0 Å². The third-order valence-electron chi connectivity index (χ3n) is 9.49. The van der Waals surface area contributed by atoms with E-state index in [1.807, 2.05) is 16.7 Å². The van der Waals surface area contributed by atoms with Crippen LogP contribution in [0.5, 0.6) is 0 Å². The molecule has 0 saturated heterocycles. The van der Waals surface area contributed by atoms with E-state index in [0.717, 1.165) is 99.1 Å². The van der Waals surface area contributed by atoms with E-state index in [4.69, 9.17) is 0 Å². The molecule has 7 nitrogen and oxygen atoms in total. The summed E-state index contributed by atoms with van der Waals surface area (Å²) in [5.74, 6) is 0.716. The van der Waals surface area contributed by atoms with E-state index in [-0.39, 0.29) is 17.4 Å². The molecule has 7 rings (SSSR count). The first-order valence-corrected chi connectivity index (χ1v) is 15.3. The quantitative estimate of drug-likeness (QED) is 0.234. The Labute approximate surface area is 234 Å². The third kappa shape index (κ3) is 3.32. The SMILES string of the molecule is C=c1c2ccc3c4c(c5c(c6c7n5CCCN7CCCC6)c(c(=O)n1CCCCC)c42)C(=O)N(CCCC)C3=O. The number of benzene rings is 2. The number of imide groups is 1. The molecule has 0 fully saturated rings. The van der Waals surface area contributed by atoms with Crippen LogP contribution in [0, 0.1) is 0 Å². The Morgan fingerprint density at radius 1 is 0.800 bits per heavy atom. The van der Waals surface area contributed by atoms with Gasteiger partial charge in [0.15, 0.2) is 0 Å². The highest BCUT2D eigenvalue weighted by Gasteiger charge is 2.39. The van der Waals surface area contributed by atoms with Gasteiger partial charge in [0.25, 0.3) is 17.4 Å². The molecule has 0 bridgehead atoms. The second kappa shape index (κ2) is 9.50. The van der Waals surface area contributed by atoms with E-state index in [9.17, 15) is 14.4 Å². The van der Waals surface area contributed by atoms with Gasteiger partial charge in [-0.3, -0.25) is 19.3 Å². The van der Waals surface area contributed by atoms with Crippen LogP contribution in [0.4, 0.5) is 5.82 Å². The van der Waals surface area contributed by atoms with Crippen LogP contribution in [0.15, 0.2) is 16.9 Å². The zero-order valence-corrected chi connectivity index (χ0v) is 23.8. The van der Waals surface area contributed by atoms with Crippen LogP contribution in [0.1, 0.15) is 91.5 Å². The Morgan fingerprint density at radius 3 is 2.40 bits per heavy atom. The highest BCUT2D eigenvalue weighted by molar-refractivity contribution is 6.37. The highest BCUT2D eigenvalue weighted by atomic mass is 16.2. The molecule has 208 valence electrons. The lowest BCUT2D eigenvalue weighted by Gasteiger charge is -2.32. The van der Waals surface area contributed by atoms with Gasteiger partial charge in [-0.2, -0.15) is 0 Å². The van der Waals surface area contributed by atoms with Crippen molar-refractivity contribution in [2.75, 3.05) is 24.5 Å². The maximum absolute atomic E-state index is 14.5. The second-order valence-corrected chi connectivity index (χ2v) is 11.9. The van der Waals surface area contributed by atoms with Gasteiger partial charge < -0.3 is 14.0 Å². The van der Waals surface area contributed by atoms with Crippen molar-refractivity contribution in [1.29, 1.82) is 0 Å². The number of unbranched alkanes of at least 4 members (excludes halogenated alkanes) is 3. The van der Waals surface area contributed by atoms with Gasteiger partial charge in [-0.1, -0.05) is 45.8 Å². The Morgan fingerprint density at radius 2 is 1.60 bits per heavy atom. The molecule has 4 aromatic rings. The maximum Gasteiger partial charge on any atom is 0.263 e. The van der Waals surface area contributed by atoms with Crippen molar-refractivity contribution in [1.82, 2.24) is 14.0 Å². The summed E-state index contributed by atoms with van der Waals surface area (Å²) in [6, 6.07) is 3.83. The van der Waals surface area contributed by atoms with Crippen LogP contribution in [-0.2, 0) is 19.5 Å². The molecule has 0 N–H and O–H groups in total. The Bertz CT molecular complexity index is 1830. The molecule has 0 saturated carbocycles. The molecule has 5 heterocycles. The van der Waals surface area contributed by atoms with Crippen LogP contribution in [-0.4, -0.2) is 45.5 Å². The number of hydrogen-bond acceptors (Lipinski definition) is 4. The molecule has 40 heavy (non-hydrogen) atoms. The molecule has 2 amide bonds. The fourth-order valence-electron chi connectivity index (χ4n) is 7.61. The number of nitrogens with zero attached hydrogens (tertiary/aromatic N) is 4. The van der Waals surface area contributed by atoms with Crippen LogP contribution >= 0.6 is 0 Å². The van der Waals surface area contributed by atoms with Gasteiger partial charge >= 0.3 is 0 Å². The Hall–Kier alpha value is -3.61. The summed E-state index contributed by atoms with van der Waals surface area (Å²) in [5, 5.41) is 4.59. The van der Waals surface area contributed by atoms with Crippen molar-refractivity contribution in [2.45, 2.75) is 84.7 Å². The summed E-state index contributed by atoms with van der Waals surface area (Å²) in [6.45, 7) is 12.4. The van der Waals surface area contributed by atoms with Crippen molar-refractivity contribution < 1.29 is 9.59 Å². The average molecular weight is 539 g/mol. The molecule has 0 radical (unpaired) electrons. The fraction of sp³-hybridized carbons (Fsp3) is 0.485. The molecule has 0 aliphatic carbocycles. The molecular formula is C33H38N4O3. The minimum Gasteiger partial charge on any atom is -0.358 e. The van der Waals surface area contributed by atoms with E-state index < -0.39 is 0 Å².